The van der Waals surface area contributed by atoms with Gasteiger partial charge in [-0.05, 0) is 44.7 Å². The van der Waals surface area contributed by atoms with Crippen molar-refractivity contribution in [1.29, 1.82) is 5.26 Å². The molecule has 154 valence electrons. The molecule has 3 N–H and O–H groups in total. The quantitative estimate of drug-likeness (QED) is 0.553. The molecule has 1 atom stereocenters. The Kier molecular flexibility index (Phi) is 5.04. The molecule has 1 aromatic carbocycles. The normalized spacial score (nSPS) is 19.1. The van der Waals surface area contributed by atoms with Gasteiger partial charge < -0.3 is 16.1 Å². The average Bonchev–Trinajstić information content (AvgIpc) is 3.43. The first kappa shape index (κ1) is 19.5. The van der Waals surface area contributed by atoms with E-state index in [-0.39, 0.29) is 11.4 Å². The zero-order valence-electron chi connectivity index (χ0n) is 16.4. The molecule has 2 fully saturated rings. The third kappa shape index (κ3) is 3.38. The summed E-state index contributed by atoms with van der Waals surface area (Å²) in [5, 5.41) is 12.0. The summed E-state index contributed by atoms with van der Waals surface area (Å²) in [5.41, 5.74) is 0.346. The molecule has 8 nitrogen and oxygen atoms in total. The van der Waals surface area contributed by atoms with Crippen LogP contribution < -0.4 is 27.3 Å². The molecule has 2 aromatic rings. The summed E-state index contributed by atoms with van der Waals surface area (Å²) in [6.45, 7) is 4.59. The van der Waals surface area contributed by atoms with E-state index in [2.05, 4.69) is 11.4 Å². The Morgan fingerprint density at radius 3 is 2.79 bits per heavy atom. The molecule has 0 radical (unpaired) electrons. The van der Waals surface area contributed by atoms with Crippen LogP contribution in [0.5, 0.6) is 0 Å². The lowest BCUT2D eigenvalue weighted by atomic mass is 10.1. The summed E-state index contributed by atoms with van der Waals surface area (Å²) in [4.78, 5) is 27.2. The molecule has 1 aromatic heterocycles. The minimum absolute atomic E-state index is 0.00747. The molecule has 1 aliphatic carbocycles. The number of nitrogens with two attached hydrogens (primary N) is 1. The Balaban J connectivity index is 1.72. The van der Waals surface area contributed by atoms with Gasteiger partial charge in [-0.3, -0.25) is 9.36 Å². The second-order valence-corrected chi connectivity index (χ2v) is 8.00. The zero-order valence-corrected chi connectivity index (χ0v) is 16.4. The largest absolute Gasteiger partial charge is 0.369 e. The minimum Gasteiger partial charge on any atom is -0.369 e. The van der Waals surface area contributed by atoms with Crippen LogP contribution in [0.25, 0.3) is 10.9 Å². The van der Waals surface area contributed by atoms with Crippen LogP contribution in [-0.2, 0) is 0 Å². The molecule has 29 heavy (non-hydrogen) atoms. The number of halogens is 1. The van der Waals surface area contributed by atoms with Crippen molar-refractivity contribution in [2.75, 3.05) is 36.9 Å². The second kappa shape index (κ2) is 7.52. The number of nitrogens with one attached hydrogen (secondary N) is 1. The number of aryl methyl sites for hydroxylation is 1. The maximum atomic E-state index is 15.1. The van der Waals surface area contributed by atoms with Crippen LogP contribution in [0.4, 0.5) is 10.1 Å². The van der Waals surface area contributed by atoms with E-state index in [1.807, 2.05) is 4.90 Å². The van der Waals surface area contributed by atoms with Gasteiger partial charge in [-0.25, -0.2) is 9.18 Å². The van der Waals surface area contributed by atoms with Crippen LogP contribution in [0.2, 0.25) is 0 Å². The monoisotopic (exact) mass is 400 g/mol. The number of nitrogen functional groups attached to an aromatic ring is 1. The highest BCUT2D eigenvalue weighted by molar-refractivity contribution is 5.87. The predicted octanol–water partition coefficient (Wildman–Crippen LogP) is 0.989. The summed E-state index contributed by atoms with van der Waals surface area (Å²) >= 11 is 0. The first-order valence-electron chi connectivity index (χ1n) is 10.0. The first-order valence-corrected chi connectivity index (χ1v) is 10.0. The molecular weight excluding hydrogens is 375 g/mol. The van der Waals surface area contributed by atoms with Crippen molar-refractivity contribution in [1.82, 2.24) is 14.6 Å². The van der Waals surface area contributed by atoms with E-state index in [9.17, 15) is 9.59 Å². The third-order valence-electron chi connectivity index (χ3n) is 5.93. The molecule has 1 saturated heterocycles. The SMILES string of the molecule is Cc1c(N2CCC(CNCCC#N)C2)c(F)cc2c(=O)n(N)c(=O)n(C3CC3)c12. The number of benzene rings is 1. The lowest BCUT2D eigenvalue weighted by Gasteiger charge is -2.24. The topological polar surface area (TPSA) is 109 Å². The molecular formula is C20H25FN6O2. The number of rotatable bonds is 6. The van der Waals surface area contributed by atoms with Crippen molar-refractivity contribution >= 4 is 16.6 Å². The van der Waals surface area contributed by atoms with E-state index in [1.54, 1.807) is 11.5 Å². The van der Waals surface area contributed by atoms with Gasteiger partial charge in [-0.1, -0.05) is 0 Å². The summed E-state index contributed by atoms with van der Waals surface area (Å²) in [7, 11) is 0. The Bertz CT molecular complexity index is 1110. The molecule has 9 heteroatoms. The fourth-order valence-corrected chi connectivity index (χ4v) is 4.37. The summed E-state index contributed by atoms with van der Waals surface area (Å²) in [6, 6.07) is 3.34. The zero-order chi connectivity index (χ0) is 20.7. The molecule has 1 saturated carbocycles. The van der Waals surface area contributed by atoms with E-state index in [4.69, 9.17) is 11.1 Å². The number of anilines is 1. The van der Waals surface area contributed by atoms with Crippen molar-refractivity contribution in [3.8, 4) is 6.07 Å². The van der Waals surface area contributed by atoms with Gasteiger partial charge in [0.25, 0.3) is 5.56 Å². The molecule has 0 spiro atoms. The van der Waals surface area contributed by atoms with Gasteiger partial charge in [0, 0.05) is 37.7 Å². The van der Waals surface area contributed by atoms with E-state index in [0.717, 1.165) is 25.8 Å². The maximum Gasteiger partial charge on any atom is 0.350 e. The average molecular weight is 400 g/mol. The molecule has 0 amide bonds. The summed E-state index contributed by atoms with van der Waals surface area (Å²) in [5.74, 6) is 5.56. The molecule has 1 aliphatic heterocycles. The van der Waals surface area contributed by atoms with Gasteiger partial charge in [0.05, 0.1) is 22.7 Å². The number of nitrogens with zero attached hydrogens (tertiary/aromatic N) is 4. The standard InChI is InChI=1S/C20H25FN6O2/c1-12-17-15(19(28)27(23)20(29)26(17)14-3-4-14)9-16(21)18(12)25-8-5-13(11-25)10-24-7-2-6-22/h9,13-14,24H,2-5,7-8,10-11,23H2,1H3. The maximum absolute atomic E-state index is 15.1. The Labute approximate surface area is 167 Å². The van der Waals surface area contributed by atoms with Crippen LogP contribution in [0.1, 0.15) is 37.3 Å². The second-order valence-electron chi connectivity index (χ2n) is 8.00. The van der Waals surface area contributed by atoms with Crippen molar-refractivity contribution < 1.29 is 4.39 Å². The van der Waals surface area contributed by atoms with Gasteiger partial charge in [0.2, 0.25) is 0 Å². The van der Waals surface area contributed by atoms with Crippen LogP contribution in [0.15, 0.2) is 15.7 Å². The van der Waals surface area contributed by atoms with Crippen LogP contribution in [0.3, 0.4) is 0 Å². The molecule has 0 bridgehead atoms. The molecule has 1 unspecified atom stereocenters. The van der Waals surface area contributed by atoms with Gasteiger partial charge >= 0.3 is 5.69 Å². The molecule has 4 rings (SSSR count). The summed E-state index contributed by atoms with van der Waals surface area (Å²) in [6.07, 6.45) is 3.07. The minimum atomic E-state index is -0.670. The van der Waals surface area contributed by atoms with E-state index < -0.39 is 17.1 Å². The molecule has 2 aliphatic rings. The van der Waals surface area contributed by atoms with Crippen LogP contribution >= 0.6 is 0 Å². The van der Waals surface area contributed by atoms with Gasteiger partial charge in [0.1, 0.15) is 5.82 Å². The lowest BCUT2D eigenvalue weighted by molar-refractivity contribution is 0.521. The first-order chi connectivity index (χ1) is 13.9. The van der Waals surface area contributed by atoms with Crippen LogP contribution in [-0.4, -0.2) is 35.4 Å². The highest BCUT2D eigenvalue weighted by Gasteiger charge is 2.32. The van der Waals surface area contributed by atoms with Crippen molar-refractivity contribution in [3.63, 3.8) is 0 Å². The smallest absolute Gasteiger partial charge is 0.350 e. The van der Waals surface area contributed by atoms with Gasteiger partial charge in [0.15, 0.2) is 0 Å². The van der Waals surface area contributed by atoms with E-state index in [1.165, 1.54) is 6.07 Å². The number of fused-ring (bicyclic) bond motifs is 1. The fraction of sp³-hybridized carbons (Fsp3) is 0.550. The van der Waals surface area contributed by atoms with Crippen molar-refractivity contribution in [2.45, 2.75) is 38.6 Å². The number of nitriles is 1. The van der Waals surface area contributed by atoms with Gasteiger partial charge in [-0.15, -0.1) is 0 Å². The Hall–Kier alpha value is -2.86. The van der Waals surface area contributed by atoms with Crippen molar-refractivity contribution in [3.05, 3.63) is 38.3 Å². The highest BCUT2D eigenvalue weighted by atomic mass is 19.1. The fourth-order valence-electron chi connectivity index (χ4n) is 4.37. The van der Waals surface area contributed by atoms with Gasteiger partial charge in [-0.2, -0.15) is 9.94 Å². The Morgan fingerprint density at radius 2 is 2.10 bits per heavy atom. The summed E-state index contributed by atoms with van der Waals surface area (Å²) < 4.78 is 17.2. The van der Waals surface area contributed by atoms with E-state index in [0.29, 0.717) is 53.4 Å². The number of aromatic nitrogens is 2. The van der Waals surface area contributed by atoms with E-state index >= 15 is 4.39 Å². The third-order valence-corrected chi connectivity index (χ3v) is 5.93. The Morgan fingerprint density at radius 1 is 1.34 bits per heavy atom. The highest BCUT2D eigenvalue weighted by Crippen LogP contribution is 2.39. The number of hydrogen-bond donors (Lipinski definition) is 2. The molecule has 2 heterocycles. The lowest BCUT2D eigenvalue weighted by Crippen LogP contribution is -2.44. The predicted molar refractivity (Wildman–Crippen MR) is 109 cm³/mol. The number of hydrogen-bond acceptors (Lipinski definition) is 6. The van der Waals surface area contributed by atoms with Crippen molar-refractivity contribution in [2.24, 2.45) is 5.92 Å². The van der Waals surface area contributed by atoms with Crippen LogP contribution in [0, 0.1) is 30.0 Å².